The molecule has 1 unspecified atom stereocenters. The molecule has 0 spiro atoms. The van der Waals surface area contributed by atoms with Gasteiger partial charge in [0, 0.05) is 28.9 Å². The molecule has 0 bridgehead atoms. The van der Waals surface area contributed by atoms with Crippen molar-refractivity contribution < 1.29 is 9.21 Å². The van der Waals surface area contributed by atoms with Crippen LogP contribution in [-0.4, -0.2) is 22.6 Å². The van der Waals surface area contributed by atoms with Crippen molar-refractivity contribution >= 4 is 11.6 Å². The van der Waals surface area contributed by atoms with Crippen LogP contribution in [-0.2, 0) is 0 Å². The van der Waals surface area contributed by atoms with E-state index in [0.717, 1.165) is 29.7 Å². The lowest BCUT2D eigenvalue weighted by Gasteiger charge is -2.26. The molecule has 0 saturated heterocycles. The van der Waals surface area contributed by atoms with Crippen molar-refractivity contribution in [3.63, 3.8) is 0 Å². The second-order valence-corrected chi connectivity index (χ2v) is 8.74. The van der Waals surface area contributed by atoms with Gasteiger partial charge in [0.15, 0.2) is 0 Å². The maximum absolute atomic E-state index is 12.2. The zero-order chi connectivity index (χ0) is 24.6. The van der Waals surface area contributed by atoms with Crippen molar-refractivity contribution in [3.05, 3.63) is 90.0 Å². The highest BCUT2D eigenvalue weighted by Gasteiger charge is 2.19. The van der Waals surface area contributed by atoms with Crippen molar-refractivity contribution in [2.45, 2.75) is 39.7 Å². The van der Waals surface area contributed by atoms with Crippen LogP contribution >= 0.6 is 0 Å². The van der Waals surface area contributed by atoms with Crippen molar-refractivity contribution in [3.8, 4) is 22.9 Å². The molecule has 0 aliphatic heterocycles. The van der Waals surface area contributed by atoms with Gasteiger partial charge in [0.25, 0.3) is 5.91 Å². The fourth-order valence-corrected chi connectivity index (χ4v) is 3.90. The molecule has 0 saturated carbocycles. The lowest BCUT2D eigenvalue weighted by Crippen LogP contribution is -2.24. The van der Waals surface area contributed by atoms with E-state index in [9.17, 15) is 4.79 Å². The van der Waals surface area contributed by atoms with E-state index in [1.807, 2.05) is 73.7 Å². The Hall–Kier alpha value is -3.93. The molecule has 1 amide bonds. The zero-order valence-electron chi connectivity index (χ0n) is 20.5. The first-order valence-corrected chi connectivity index (χ1v) is 12.2. The molecule has 3 aromatic carbocycles. The van der Waals surface area contributed by atoms with E-state index < -0.39 is 0 Å². The van der Waals surface area contributed by atoms with Crippen LogP contribution in [0.15, 0.2) is 83.3 Å². The van der Waals surface area contributed by atoms with Gasteiger partial charge in [-0.2, -0.15) is 0 Å². The molecule has 1 aromatic heterocycles. The number of hydrogen-bond donors (Lipinski definition) is 2. The summed E-state index contributed by atoms with van der Waals surface area (Å²) in [4.78, 5) is 12.2. The molecular weight excluding hydrogens is 436 g/mol. The average Bonchev–Trinajstić information content (AvgIpc) is 3.41. The average molecular weight is 469 g/mol. The van der Waals surface area contributed by atoms with Crippen LogP contribution in [0.25, 0.3) is 22.9 Å². The summed E-state index contributed by atoms with van der Waals surface area (Å²) in [7, 11) is 0. The number of nitrogens with zero attached hydrogens (tertiary/aromatic N) is 2. The highest BCUT2D eigenvalue weighted by molar-refractivity contribution is 5.94. The smallest absolute Gasteiger partial charge is 0.251 e. The summed E-state index contributed by atoms with van der Waals surface area (Å²) in [6.45, 7) is 7.15. The van der Waals surface area contributed by atoms with E-state index in [1.54, 1.807) is 0 Å². The minimum absolute atomic E-state index is 0.0380. The first-order valence-electron chi connectivity index (χ1n) is 12.2. The van der Waals surface area contributed by atoms with Gasteiger partial charge in [-0.15, -0.1) is 10.2 Å². The minimum atomic E-state index is -0.0380. The summed E-state index contributed by atoms with van der Waals surface area (Å²) in [5.74, 6) is 1.38. The van der Waals surface area contributed by atoms with Gasteiger partial charge in [-0.1, -0.05) is 57.5 Å². The molecule has 6 heteroatoms. The van der Waals surface area contributed by atoms with Crippen LogP contribution in [0, 0.1) is 5.92 Å². The summed E-state index contributed by atoms with van der Waals surface area (Å²) in [6, 6.07) is 25.8. The van der Waals surface area contributed by atoms with E-state index in [0.29, 0.717) is 29.8 Å². The molecule has 0 fully saturated rings. The van der Waals surface area contributed by atoms with Crippen LogP contribution in [0.4, 0.5) is 5.69 Å². The topological polar surface area (TPSA) is 80.0 Å². The summed E-state index contributed by atoms with van der Waals surface area (Å²) in [5.41, 5.74) is 4.61. The number of nitrogens with one attached hydrogen (secondary N) is 2. The number of aromatic nitrogens is 2. The summed E-state index contributed by atoms with van der Waals surface area (Å²) < 4.78 is 5.90. The number of hydrogen-bond acceptors (Lipinski definition) is 5. The van der Waals surface area contributed by atoms with Gasteiger partial charge in [-0.05, 0) is 66.4 Å². The monoisotopic (exact) mass is 468 g/mol. The van der Waals surface area contributed by atoms with E-state index in [2.05, 4.69) is 46.8 Å². The van der Waals surface area contributed by atoms with Crippen molar-refractivity contribution in [1.82, 2.24) is 15.5 Å². The van der Waals surface area contributed by atoms with Gasteiger partial charge in [0.05, 0.1) is 6.04 Å². The lowest BCUT2D eigenvalue weighted by atomic mass is 9.91. The molecule has 0 aliphatic carbocycles. The van der Waals surface area contributed by atoms with Crippen LogP contribution in [0.1, 0.15) is 55.6 Å². The number of carbonyl (C=O) groups excluding carboxylic acids is 1. The predicted molar refractivity (Wildman–Crippen MR) is 140 cm³/mol. The Kier molecular flexibility index (Phi) is 7.93. The minimum Gasteiger partial charge on any atom is -0.416 e. The van der Waals surface area contributed by atoms with E-state index in [-0.39, 0.29) is 11.9 Å². The molecular formula is C29H32N4O2. The van der Waals surface area contributed by atoms with Gasteiger partial charge in [0.1, 0.15) is 0 Å². The summed E-state index contributed by atoms with van der Waals surface area (Å²) in [6.07, 6.45) is 1.95. The quantitative estimate of drug-likeness (QED) is 0.269. The van der Waals surface area contributed by atoms with E-state index in [4.69, 9.17) is 4.42 Å². The Labute approximate surface area is 206 Å². The summed E-state index contributed by atoms with van der Waals surface area (Å²) >= 11 is 0. The number of carbonyl (C=O) groups is 1. The molecule has 1 heterocycles. The number of benzene rings is 3. The largest absolute Gasteiger partial charge is 0.416 e. The summed E-state index contributed by atoms with van der Waals surface area (Å²) in [5, 5.41) is 15.0. The second-order valence-electron chi connectivity index (χ2n) is 8.74. The van der Waals surface area contributed by atoms with Crippen LogP contribution < -0.4 is 10.6 Å². The van der Waals surface area contributed by atoms with Gasteiger partial charge in [0.2, 0.25) is 11.8 Å². The lowest BCUT2D eigenvalue weighted by molar-refractivity contribution is 0.0953. The Balaban J connectivity index is 1.49. The third-order valence-electron chi connectivity index (χ3n) is 6.18. The highest BCUT2D eigenvalue weighted by atomic mass is 16.4. The molecule has 0 radical (unpaired) electrons. The molecule has 2 atom stereocenters. The van der Waals surface area contributed by atoms with Crippen LogP contribution in [0.2, 0.25) is 0 Å². The molecule has 180 valence electrons. The molecule has 6 nitrogen and oxygen atoms in total. The standard InChI is InChI=1S/C29H32N4O2/c1-4-19-30-27(34)22-15-17-25(18-16-22)31-26(20(3)5-2)21-11-13-24(14-12-21)29-33-32-28(35-29)23-9-7-6-8-10-23/h6-18,20,26,31H,4-5,19H2,1-3H3,(H,30,34)/t20?,26-/m1/s1. The van der Waals surface area contributed by atoms with Crippen molar-refractivity contribution in [1.29, 1.82) is 0 Å². The Bertz CT molecular complexity index is 1220. The van der Waals surface area contributed by atoms with E-state index >= 15 is 0 Å². The SMILES string of the molecule is CCCNC(=O)c1ccc(N[C@@H](c2ccc(-c3nnc(-c4ccccc4)o3)cc2)C(C)CC)cc1. The number of anilines is 1. The first-order chi connectivity index (χ1) is 17.1. The first kappa shape index (κ1) is 24.2. The maximum Gasteiger partial charge on any atom is 0.251 e. The number of rotatable bonds is 10. The van der Waals surface area contributed by atoms with Crippen molar-refractivity contribution in [2.75, 3.05) is 11.9 Å². The zero-order valence-corrected chi connectivity index (χ0v) is 20.5. The third-order valence-corrected chi connectivity index (χ3v) is 6.18. The van der Waals surface area contributed by atoms with E-state index in [1.165, 1.54) is 5.56 Å². The second kappa shape index (κ2) is 11.5. The molecule has 0 aliphatic rings. The Morgan fingerprint density at radius 1 is 0.857 bits per heavy atom. The normalized spacial score (nSPS) is 12.7. The van der Waals surface area contributed by atoms with Crippen LogP contribution in [0.3, 0.4) is 0 Å². The molecule has 35 heavy (non-hydrogen) atoms. The molecule has 4 rings (SSSR count). The molecule has 2 N–H and O–H groups in total. The Morgan fingerprint density at radius 2 is 1.49 bits per heavy atom. The third kappa shape index (κ3) is 5.96. The van der Waals surface area contributed by atoms with Crippen molar-refractivity contribution in [2.24, 2.45) is 5.92 Å². The van der Waals surface area contributed by atoms with Gasteiger partial charge in [-0.3, -0.25) is 4.79 Å². The van der Waals surface area contributed by atoms with Gasteiger partial charge in [-0.25, -0.2) is 0 Å². The maximum atomic E-state index is 12.2. The predicted octanol–water partition coefficient (Wildman–Crippen LogP) is 6.74. The highest BCUT2D eigenvalue weighted by Crippen LogP contribution is 2.31. The van der Waals surface area contributed by atoms with Crippen LogP contribution in [0.5, 0.6) is 0 Å². The van der Waals surface area contributed by atoms with Gasteiger partial charge >= 0.3 is 0 Å². The number of amides is 1. The molecule has 4 aromatic rings. The Morgan fingerprint density at radius 3 is 2.09 bits per heavy atom. The fourth-order valence-electron chi connectivity index (χ4n) is 3.90. The van der Waals surface area contributed by atoms with Gasteiger partial charge < -0.3 is 15.1 Å². The fraction of sp³-hybridized carbons (Fsp3) is 0.276.